The van der Waals surface area contributed by atoms with Crippen LogP contribution < -0.4 is 10.6 Å². The number of hydrogen-bond acceptors (Lipinski definition) is 3. The van der Waals surface area contributed by atoms with Crippen molar-refractivity contribution in [2.24, 2.45) is 4.99 Å². The Morgan fingerprint density at radius 2 is 1.95 bits per heavy atom. The minimum absolute atomic E-state index is 0.588. The van der Waals surface area contributed by atoms with Crippen LogP contribution in [0.1, 0.15) is 51.4 Å². The summed E-state index contributed by atoms with van der Waals surface area (Å²) in [6, 6.07) is 1.39. The van der Waals surface area contributed by atoms with Crippen LogP contribution in [0, 0.1) is 0 Å². The molecule has 0 amide bonds. The maximum absolute atomic E-state index is 4.40. The molecule has 128 valence electrons. The Labute approximate surface area is 140 Å². The molecule has 0 bridgehead atoms. The maximum atomic E-state index is 4.40. The van der Waals surface area contributed by atoms with Gasteiger partial charge in [0.05, 0.1) is 0 Å². The highest BCUT2D eigenvalue weighted by Crippen LogP contribution is 2.26. The topological polar surface area (TPSA) is 39.7 Å². The molecule has 0 aromatic carbocycles. The Balaban J connectivity index is 1.66. The van der Waals surface area contributed by atoms with Crippen LogP contribution in [0.5, 0.6) is 0 Å². The molecule has 2 atom stereocenters. The summed E-state index contributed by atoms with van der Waals surface area (Å²) < 4.78 is 0. The van der Waals surface area contributed by atoms with Crippen molar-refractivity contribution >= 4 is 17.7 Å². The lowest BCUT2D eigenvalue weighted by Gasteiger charge is -2.30. The van der Waals surface area contributed by atoms with Crippen LogP contribution in [-0.2, 0) is 0 Å². The van der Waals surface area contributed by atoms with Crippen molar-refractivity contribution in [3.05, 3.63) is 0 Å². The zero-order valence-corrected chi connectivity index (χ0v) is 15.4. The van der Waals surface area contributed by atoms with Gasteiger partial charge in [0.15, 0.2) is 5.96 Å². The van der Waals surface area contributed by atoms with Crippen molar-refractivity contribution in [1.82, 2.24) is 15.5 Å². The fourth-order valence-electron chi connectivity index (χ4n) is 3.76. The van der Waals surface area contributed by atoms with E-state index in [1.54, 1.807) is 0 Å². The molecule has 2 rings (SSSR count). The molecule has 0 spiro atoms. The van der Waals surface area contributed by atoms with Crippen molar-refractivity contribution in [2.75, 3.05) is 33.4 Å². The highest BCUT2D eigenvalue weighted by molar-refractivity contribution is 7.99. The average Bonchev–Trinajstić information content (AvgIpc) is 3.08. The van der Waals surface area contributed by atoms with E-state index in [4.69, 9.17) is 0 Å². The van der Waals surface area contributed by atoms with E-state index in [9.17, 15) is 0 Å². The summed E-state index contributed by atoms with van der Waals surface area (Å²) in [6.45, 7) is 2.08. The van der Waals surface area contributed by atoms with Crippen molar-refractivity contribution in [1.29, 1.82) is 0 Å². The second-order valence-electron chi connectivity index (χ2n) is 6.78. The lowest BCUT2D eigenvalue weighted by atomic mass is 9.95. The summed E-state index contributed by atoms with van der Waals surface area (Å²) in [7, 11) is 4.14. The van der Waals surface area contributed by atoms with E-state index < -0.39 is 0 Å². The number of nitrogens with zero attached hydrogens (tertiary/aromatic N) is 2. The van der Waals surface area contributed by atoms with E-state index >= 15 is 0 Å². The molecule has 22 heavy (non-hydrogen) atoms. The third-order valence-electron chi connectivity index (χ3n) is 5.23. The molecular weight excluding hydrogens is 292 g/mol. The number of aliphatic imine (C=N–C) groups is 1. The molecule has 4 nitrogen and oxygen atoms in total. The quantitative estimate of drug-likeness (QED) is 0.581. The largest absolute Gasteiger partial charge is 0.355 e. The van der Waals surface area contributed by atoms with E-state index in [0.717, 1.165) is 30.3 Å². The zero-order valence-electron chi connectivity index (χ0n) is 14.6. The predicted molar refractivity (Wildman–Crippen MR) is 98.9 cm³/mol. The number of nitrogens with one attached hydrogen (secondary N) is 2. The molecule has 2 fully saturated rings. The van der Waals surface area contributed by atoms with Gasteiger partial charge >= 0.3 is 0 Å². The molecule has 0 saturated heterocycles. The Bertz CT molecular complexity index is 342. The maximum Gasteiger partial charge on any atom is 0.191 e. The summed E-state index contributed by atoms with van der Waals surface area (Å²) in [5, 5.41) is 7.93. The van der Waals surface area contributed by atoms with Gasteiger partial charge in [-0.15, -0.1) is 0 Å². The standard InChI is InChI=1S/C17H34N4S/c1-18-17(20-14-7-6-10-16(13-14)22-3)19-11-12-21(2)15-8-4-5-9-15/h14-16H,4-13H2,1-3H3,(H2,18,19,20). The van der Waals surface area contributed by atoms with Crippen LogP contribution in [0.25, 0.3) is 0 Å². The molecule has 0 heterocycles. The van der Waals surface area contributed by atoms with Crippen LogP contribution in [-0.4, -0.2) is 61.6 Å². The van der Waals surface area contributed by atoms with Crippen molar-refractivity contribution < 1.29 is 0 Å². The smallest absolute Gasteiger partial charge is 0.191 e. The van der Waals surface area contributed by atoms with Crippen LogP contribution in [0.4, 0.5) is 0 Å². The molecule has 0 aromatic heterocycles. The predicted octanol–water partition coefficient (Wildman–Crippen LogP) is 2.70. The molecule has 2 aliphatic carbocycles. The number of hydrogen-bond donors (Lipinski definition) is 2. The second kappa shape index (κ2) is 9.66. The summed E-state index contributed by atoms with van der Waals surface area (Å²) in [4.78, 5) is 6.91. The molecule has 2 N–H and O–H groups in total. The zero-order chi connectivity index (χ0) is 15.8. The average molecular weight is 327 g/mol. The number of rotatable bonds is 6. The van der Waals surface area contributed by atoms with Gasteiger partial charge < -0.3 is 15.5 Å². The molecule has 0 aromatic rings. The van der Waals surface area contributed by atoms with Gasteiger partial charge in [0.1, 0.15) is 0 Å². The molecule has 2 aliphatic rings. The van der Waals surface area contributed by atoms with E-state index in [1.807, 2.05) is 18.8 Å². The third-order valence-corrected chi connectivity index (χ3v) is 6.32. The molecular formula is C17H34N4S. The van der Waals surface area contributed by atoms with Crippen molar-refractivity contribution in [2.45, 2.75) is 68.7 Å². The van der Waals surface area contributed by atoms with Gasteiger partial charge in [-0.2, -0.15) is 11.8 Å². The van der Waals surface area contributed by atoms with E-state index in [-0.39, 0.29) is 0 Å². The van der Waals surface area contributed by atoms with Crippen LogP contribution in [0.2, 0.25) is 0 Å². The first-order valence-corrected chi connectivity index (χ1v) is 10.2. The van der Waals surface area contributed by atoms with Crippen molar-refractivity contribution in [3.8, 4) is 0 Å². The number of thioether (sulfide) groups is 1. The lowest BCUT2D eigenvalue weighted by Crippen LogP contribution is -2.47. The van der Waals surface area contributed by atoms with E-state index in [2.05, 4.69) is 33.8 Å². The lowest BCUT2D eigenvalue weighted by molar-refractivity contribution is 0.249. The summed E-state index contributed by atoms with van der Waals surface area (Å²) in [5.74, 6) is 0.978. The molecule has 0 aliphatic heterocycles. The first-order valence-electron chi connectivity index (χ1n) is 8.93. The normalized spacial score (nSPS) is 27.4. The van der Waals surface area contributed by atoms with Gasteiger partial charge in [-0.05, 0) is 45.4 Å². The fraction of sp³-hybridized carbons (Fsp3) is 0.941. The highest BCUT2D eigenvalue weighted by Gasteiger charge is 2.22. The molecule has 5 heteroatoms. The van der Waals surface area contributed by atoms with Crippen LogP contribution >= 0.6 is 11.8 Å². The van der Waals surface area contributed by atoms with Crippen molar-refractivity contribution in [3.63, 3.8) is 0 Å². The minimum Gasteiger partial charge on any atom is -0.355 e. The Morgan fingerprint density at radius 1 is 1.18 bits per heavy atom. The first kappa shape index (κ1) is 17.9. The third kappa shape index (κ3) is 5.65. The second-order valence-corrected chi connectivity index (χ2v) is 7.92. The Morgan fingerprint density at radius 3 is 2.64 bits per heavy atom. The summed E-state index contributed by atoms with van der Waals surface area (Å²) in [6.07, 6.45) is 13.1. The van der Waals surface area contributed by atoms with Gasteiger partial charge in [0.25, 0.3) is 0 Å². The van der Waals surface area contributed by atoms with Gasteiger partial charge in [-0.25, -0.2) is 0 Å². The molecule has 2 saturated carbocycles. The summed E-state index contributed by atoms with van der Waals surface area (Å²) in [5.41, 5.74) is 0. The number of guanidine groups is 1. The highest BCUT2D eigenvalue weighted by atomic mass is 32.2. The van der Waals surface area contributed by atoms with Gasteiger partial charge in [0, 0.05) is 37.5 Å². The van der Waals surface area contributed by atoms with E-state index in [1.165, 1.54) is 51.4 Å². The summed E-state index contributed by atoms with van der Waals surface area (Å²) >= 11 is 2.01. The minimum atomic E-state index is 0.588. The SMILES string of the molecule is CN=C(NCCN(C)C1CCCC1)NC1CCCC(SC)C1. The molecule has 0 radical (unpaired) electrons. The van der Waals surface area contributed by atoms with Crippen LogP contribution in [0.3, 0.4) is 0 Å². The van der Waals surface area contributed by atoms with E-state index in [0.29, 0.717) is 6.04 Å². The van der Waals surface area contributed by atoms with Gasteiger partial charge in [-0.1, -0.05) is 19.3 Å². The fourth-order valence-corrected chi connectivity index (χ4v) is 4.58. The van der Waals surface area contributed by atoms with Gasteiger partial charge in [0.2, 0.25) is 0 Å². The number of likely N-dealkylation sites (N-methyl/N-ethyl adjacent to an activating group) is 1. The Kier molecular flexibility index (Phi) is 7.87. The monoisotopic (exact) mass is 326 g/mol. The molecule has 2 unspecified atom stereocenters. The van der Waals surface area contributed by atoms with Crippen LogP contribution in [0.15, 0.2) is 4.99 Å². The van der Waals surface area contributed by atoms with Gasteiger partial charge in [-0.3, -0.25) is 4.99 Å². The first-order chi connectivity index (χ1) is 10.7. The Hall–Kier alpha value is -0.420.